The maximum absolute atomic E-state index is 12.9. The zero-order valence-corrected chi connectivity index (χ0v) is 20.4. The Morgan fingerprint density at radius 3 is 2.33 bits per heavy atom. The molecule has 0 aromatic carbocycles. The number of hydrogen-bond acceptors (Lipinski definition) is 10. The van der Waals surface area contributed by atoms with Crippen molar-refractivity contribution in [2.75, 3.05) is 26.3 Å². The summed E-state index contributed by atoms with van der Waals surface area (Å²) in [5, 5.41) is 41.4. The Morgan fingerprint density at radius 2 is 1.75 bits per heavy atom. The van der Waals surface area contributed by atoms with E-state index < -0.39 is 66.5 Å². The number of nitrogens with one attached hydrogen (secondary N) is 5. The lowest BCUT2D eigenvalue weighted by atomic mass is 10.1. The second-order valence-electron chi connectivity index (χ2n) is 8.72. The highest BCUT2D eigenvalue weighted by Gasteiger charge is 2.32. The van der Waals surface area contributed by atoms with Crippen molar-refractivity contribution in [3.05, 3.63) is 0 Å². The zero-order valence-electron chi connectivity index (χ0n) is 20.4. The normalized spacial score (nSPS) is 27.4. The number of aliphatic hydroxyl groups excluding tert-OH is 3. The Labute approximate surface area is 209 Å². The first kappa shape index (κ1) is 31.2. The fraction of sp³-hybridized carbons (Fsp3) is 0.762. The van der Waals surface area contributed by atoms with Gasteiger partial charge in [-0.3, -0.25) is 24.0 Å². The van der Waals surface area contributed by atoms with Gasteiger partial charge in [-0.1, -0.05) is 0 Å². The van der Waals surface area contributed by atoms with E-state index in [0.717, 1.165) is 0 Å². The predicted molar refractivity (Wildman–Crippen MR) is 127 cm³/mol. The molecular formula is C21H39N7O8. The Morgan fingerprint density at radius 1 is 1.06 bits per heavy atom. The third kappa shape index (κ3) is 10.8. The van der Waals surface area contributed by atoms with Gasteiger partial charge in [0.05, 0.1) is 25.4 Å². The highest BCUT2D eigenvalue weighted by atomic mass is 16.3. The van der Waals surface area contributed by atoms with E-state index in [0.29, 0.717) is 12.8 Å². The largest absolute Gasteiger partial charge is 0.395 e. The number of amides is 5. The van der Waals surface area contributed by atoms with Gasteiger partial charge in [-0.15, -0.1) is 0 Å². The molecule has 1 saturated heterocycles. The molecule has 5 amide bonds. The lowest BCUT2D eigenvalue weighted by Crippen LogP contribution is -2.61. The van der Waals surface area contributed by atoms with Crippen LogP contribution < -0.4 is 38.1 Å². The first-order chi connectivity index (χ1) is 17.0. The van der Waals surface area contributed by atoms with Crippen molar-refractivity contribution in [2.45, 2.75) is 75.3 Å². The van der Waals surface area contributed by atoms with Gasteiger partial charge >= 0.3 is 0 Å². The number of hydrogen-bond donors (Lipinski definition) is 10. The lowest BCUT2D eigenvalue weighted by Gasteiger charge is -2.27. The molecule has 1 heterocycles. The molecular weight excluding hydrogens is 478 g/mol. The summed E-state index contributed by atoms with van der Waals surface area (Å²) in [4.78, 5) is 62.3. The molecule has 12 N–H and O–H groups in total. The Balaban J connectivity index is 3.14. The van der Waals surface area contributed by atoms with Gasteiger partial charge in [-0.25, -0.2) is 0 Å². The number of aliphatic hydroxyl groups is 3. The average molecular weight is 518 g/mol. The molecule has 0 bridgehead atoms. The van der Waals surface area contributed by atoms with E-state index in [1.54, 1.807) is 0 Å². The van der Waals surface area contributed by atoms with Crippen LogP contribution in [0, 0.1) is 0 Å². The van der Waals surface area contributed by atoms with Gasteiger partial charge in [0.1, 0.15) is 18.1 Å². The Kier molecular flexibility index (Phi) is 13.9. The summed E-state index contributed by atoms with van der Waals surface area (Å²) >= 11 is 0. The highest BCUT2D eigenvalue weighted by molar-refractivity contribution is 5.95. The van der Waals surface area contributed by atoms with Crippen LogP contribution in [0.1, 0.15) is 39.0 Å². The highest BCUT2D eigenvalue weighted by Crippen LogP contribution is 2.05. The molecule has 36 heavy (non-hydrogen) atoms. The summed E-state index contributed by atoms with van der Waals surface area (Å²) in [6, 6.07) is -5.73. The van der Waals surface area contributed by atoms with Gasteiger partial charge in [0.25, 0.3) is 0 Å². The topological polar surface area (TPSA) is 258 Å². The number of rotatable bonds is 7. The van der Waals surface area contributed by atoms with Crippen LogP contribution in [0.25, 0.3) is 0 Å². The van der Waals surface area contributed by atoms with E-state index in [9.17, 15) is 34.2 Å². The fourth-order valence-corrected chi connectivity index (χ4v) is 3.42. The van der Waals surface area contributed by atoms with Gasteiger partial charge in [-0.05, 0) is 32.6 Å². The summed E-state index contributed by atoms with van der Waals surface area (Å²) in [7, 11) is 0. The molecule has 1 aliphatic heterocycles. The standard InChI is InChI=1S/C21H39N7O8/c1-11(31)17-21(36)27-15(10-30)20(35)26-13(18(23)33)4-2-3-7-24-16(32)6-5-14(19(34)28-17)25-8-12(22)9-29/h11-15,17,25,29-31H,2-10,22H2,1H3,(H2,23,33)(H,24,32)(H,26,35)(H,27,36)(H,28,34)/t11?,12-,13+,14+,15+,17+/m1/s1. The molecule has 0 aliphatic carbocycles. The molecule has 6 atom stereocenters. The molecule has 1 rings (SSSR count). The summed E-state index contributed by atoms with van der Waals surface area (Å²) in [6.07, 6.45) is -0.335. The van der Waals surface area contributed by atoms with Crippen molar-refractivity contribution >= 4 is 29.5 Å². The Bertz CT molecular complexity index is 767. The van der Waals surface area contributed by atoms with Crippen LogP contribution in [0.2, 0.25) is 0 Å². The smallest absolute Gasteiger partial charge is 0.245 e. The van der Waals surface area contributed by atoms with Gasteiger partial charge < -0.3 is 53.4 Å². The van der Waals surface area contributed by atoms with Crippen molar-refractivity contribution in [1.82, 2.24) is 26.6 Å². The maximum atomic E-state index is 12.9. The van der Waals surface area contributed by atoms with Gasteiger partial charge in [0.15, 0.2) is 0 Å². The first-order valence-corrected chi connectivity index (χ1v) is 11.9. The number of nitrogens with two attached hydrogens (primary N) is 2. The van der Waals surface area contributed by atoms with E-state index >= 15 is 0 Å². The Hall–Kier alpha value is -2.85. The molecule has 1 aliphatic rings. The summed E-state index contributed by atoms with van der Waals surface area (Å²) in [5.74, 6) is -3.71. The van der Waals surface area contributed by atoms with Gasteiger partial charge in [-0.2, -0.15) is 0 Å². The third-order valence-electron chi connectivity index (χ3n) is 5.62. The van der Waals surface area contributed by atoms with Crippen LogP contribution in [-0.4, -0.2) is 107 Å². The third-order valence-corrected chi connectivity index (χ3v) is 5.62. The zero-order chi connectivity index (χ0) is 27.3. The van der Waals surface area contributed by atoms with Crippen LogP contribution in [0.3, 0.4) is 0 Å². The molecule has 15 nitrogen and oxygen atoms in total. The van der Waals surface area contributed by atoms with E-state index in [1.807, 2.05) is 0 Å². The maximum Gasteiger partial charge on any atom is 0.245 e. The van der Waals surface area contributed by atoms with Crippen LogP contribution in [0.15, 0.2) is 0 Å². The number of carbonyl (C=O) groups is 5. The monoisotopic (exact) mass is 517 g/mol. The van der Waals surface area contributed by atoms with Crippen LogP contribution >= 0.6 is 0 Å². The predicted octanol–water partition coefficient (Wildman–Crippen LogP) is -5.34. The molecule has 0 saturated carbocycles. The average Bonchev–Trinajstić information content (AvgIpc) is 2.83. The van der Waals surface area contributed by atoms with Crippen molar-refractivity contribution in [2.24, 2.45) is 11.5 Å². The van der Waals surface area contributed by atoms with Gasteiger partial charge in [0, 0.05) is 25.6 Å². The van der Waals surface area contributed by atoms with Crippen LogP contribution in [0.5, 0.6) is 0 Å². The fourth-order valence-electron chi connectivity index (χ4n) is 3.42. The van der Waals surface area contributed by atoms with Crippen molar-refractivity contribution < 1.29 is 39.3 Å². The minimum atomic E-state index is -1.52. The minimum Gasteiger partial charge on any atom is -0.395 e. The first-order valence-electron chi connectivity index (χ1n) is 11.9. The summed E-state index contributed by atoms with van der Waals surface area (Å²) in [6.45, 7) is 0.401. The molecule has 206 valence electrons. The minimum absolute atomic E-state index is 0.0232. The molecule has 1 unspecified atom stereocenters. The SMILES string of the molecule is CC(O)[C@@H]1NC(=O)[C@@H](NC[C@@H](N)CO)CCC(=O)NCCCC[C@@H](C(N)=O)NC(=O)[C@H](CO)NC1=O. The van der Waals surface area contributed by atoms with Crippen molar-refractivity contribution in [3.8, 4) is 0 Å². The second-order valence-corrected chi connectivity index (χ2v) is 8.72. The molecule has 0 aromatic rings. The van der Waals surface area contributed by atoms with Crippen LogP contribution in [0.4, 0.5) is 0 Å². The van der Waals surface area contributed by atoms with E-state index in [1.165, 1.54) is 6.92 Å². The van der Waals surface area contributed by atoms with Crippen LogP contribution in [-0.2, 0) is 24.0 Å². The lowest BCUT2D eigenvalue weighted by molar-refractivity contribution is -0.136. The molecule has 1 fully saturated rings. The quantitative estimate of drug-likeness (QED) is 0.153. The molecule has 0 spiro atoms. The summed E-state index contributed by atoms with van der Waals surface area (Å²) < 4.78 is 0. The van der Waals surface area contributed by atoms with E-state index in [4.69, 9.17) is 16.6 Å². The van der Waals surface area contributed by atoms with E-state index in [-0.39, 0.29) is 44.9 Å². The van der Waals surface area contributed by atoms with Crippen molar-refractivity contribution in [1.29, 1.82) is 0 Å². The summed E-state index contributed by atoms with van der Waals surface area (Å²) in [5.41, 5.74) is 11.0. The number of primary amides is 1. The molecule has 0 radical (unpaired) electrons. The second kappa shape index (κ2) is 16.0. The molecule has 0 aromatic heterocycles. The van der Waals surface area contributed by atoms with Gasteiger partial charge in [0.2, 0.25) is 29.5 Å². The molecule has 15 heteroatoms. The van der Waals surface area contributed by atoms with E-state index in [2.05, 4.69) is 26.6 Å². The number of carbonyl (C=O) groups excluding carboxylic acids is 5. The van der Waals surface area contributed by atoms with Crippen molar-refractivity contribution in [3.63, 3.8) is 0 Å².